The highest BCUT2D eigenvalue weighted by Gasteiger charge is 2.29. The Morgan fingerprint density at radius 2 is 1.80 bits per heavy atom. The van der Waals surface area contributed by atoms with Gasteiger partial charge in [-0.15, -0.1) is 0 Å². The molecule has 5 rings (SSSR count). The molecule has 1 aromatic heterocycles. The summed E-state index contributed by atoms with van der Waals surface area (Å²) in [4.78, 5) is 25.6. The summed E-state index contributed by atoms with van der Waals surface area (Å²) in [5.74, 6) is 1.45. The Labute approximate surface area is 303 Å². The highest BCUT2D eigenvalue weighted by atomic mass is 32.2. The summed E-state index contributed by atoms with van der Waals surface area (Å²) in [6.45, 7) is 20.1. The predicted molar refractivity (Wildman–Crippen MR) is 213 cm³/mol. The maximum atomic E-state index is 13.0. The largest absolute Gasteiger partial charge is 0.494 e. The Hall–Kier alpha value is -4.53. The van der Waals surface area contributed by atoms with Gasteiger partial charge in [0, 0.05) is 81.6 Å². The topological polar surface area (TPSA) is 131 Å². The van der Waals surface area contributed by atoms with E-state index in [1.807, 2.05) is 0 Å². The van der Waals surface area contributed by atoms with Crippen molar-refractivity contribution in [3.8, 4) is 5.75 Å². The van der Waals surface area contributed by atoms with Crippen molar-refractivity contribution < 1.29 is 13.2 Å². The highest BCUT2D eigenvalue weighted by molar-refractivity contribution is 7.92. The first kappa shape index (κ1) is 37.7. The number of piperazine rings is 1. The molecule has 0 spiro atoms. The van der Waals surface area contributed by atoms with E-state index >= 15 is 0 Å². The number of sulfonamides is 1. The molecule has 0 aliphatic carbocycles. The van der Waals surface area contributed by atoms with Gasteiger partial charge in [-0.25, -0.2) is 13.4 Å². The first-order valence-electron chi connectivity index (χ1n) is 17.6. The Morgan fingerprint density at radius 3 is 2.39 bits per heavy atom. The van der Waals surface area contributed by atoms with Crippen LogP contribution in [-0.4, -0.2) is 113 Å². The predicted octanol–water partition coefficient (Wildman–Crippen LogP) is 6.23. The van der Waals surface area contributed by atoms with Crippen molar-refractivity contribution in [3.05, 3.63) is 48.2 Å². The minimum absolute atomic E-state index is 0.176. The molecule has 2 aliphatic rings. The molecule has 274 valence electrons. The van der Waals surface area contributed by atoms with Gasteiger partial charge in [-0.05, 0) is 70.6 Å². The lowest BCUT2D eigenvalue weighted by atomic mass is 9.99. The Bertz CT molecular complexity index is 1850. The van der Waals surface area contributed by atoms with Gasteiger partial charge in [0.2, 0.25) is 16.0 Å². The Kier molecular flexibility index (Phi) is 12.3. The number of nitrogens with zero attached hydrogens (tertiary/aromatic N) is 8. The summed E-state index contributed by atoms with van der Waals surface area (Å²) in [5.41, 5.74) is 5.41. The number of anilines is 6. The summed E-state index contributed by atoms with van der Waals surface area (Å²) >= 11 is 0. The van der Waals surface area contributed by atoms with E-state index in [1.165, 1.54) is 15.6 Å². The van der Waals surface area contributed by atoms with E-state index in [4.69, 9.17) is 9.72 Å². The second kappa shape index (κ2) is 16.7. The molecular formula is C37H52N10O3S. The van der Waals surface area contributed by atoms with Gasteiger partial charge in [0.1, 0.15) is 22.9 Å². The lowest BCUT2D eigenvalue weighted by molar-refractivity contribution is 0.0982. The first-order valence-corrected chi connectivity index (χ1v) is 19.4. The zero-order valence-corrected chi connectivity index (χ0v) is 31.6. The van der Waals surface area contributed by atoms with Crippen molar-refractivity contribution in [2.45, 2.75) is 46.1 Å². The van der Waals surface area contributed by atoms with Crippen LogP contribution in [-0.2, 0) is 16.4 Å². The average Bonchev–Trinajstić information content (AvgIpc) is 3.13. The number of piperidine rings is 1. The van der Waals surface area contributed by atoms with Crippen LogP contribution in [0.25, 0.3) is 6.08 Å². The van der Waals surface area contributed by atoms with Crippen LogP contribution in [0.15, 0.2) is 47.0 Å². The molecule has 14 heteroatoms. The van der Waals surface area contributed by atoms with Crippen molar-refractivity contribution in [1.29, 1.82) is 0 Å². The number of rotatable bonds is 14. The molecule has 0 amide bonds. The quantitative estimate of drug-likeness (QED) is 0.185. The standard InChI is InChI=1S/C37H52N10O3S/c1-9-26-23-31(33(50-7)24-32(26)46-17-15-28(16-18-46)45-21-19-44(6)20-22-45)42-37-40-25-27(10-2)36(43-37)41-30-14-13-29(38-5)34(39-11-3)35(30)47(12-4)51(8,48)49/h10-11,13-14,23-25,28H,2,5,9,12,15-22H2,1,3-4,6-8H3,(H2,40,41,42,43). The summed E-state index contributed by atoms with van der Waals surface area (Å²) in [6, 6.07) is 8.36. The number of aromatic nitrogens is 2. The smallest absolute Gasteiger partial charge is 0.232 e. The van der Waals surface area contributed by atoms with E-state index < -0.39 is 10.0 Å². The molecule has 51 heavy (non-hydrogen) atoms. The van der Waals surface area contributed by atoms with Crippen LogP contribution >= 0.6 is 0 Å². The molecule has 2 fully saturated rings. The fourth-order valence-corrected chi connectivity index (χ4v) is 7.92. The number of aryl methyl sites for hydroxylation is 1. The lowest BCUT2D eigenvalue weighted by Gasteiger charge is -2.43. The van der Waals surface area contributed by atoms with Crippen molar-refractivity contribution in [2.24, 2.45) is 9.98 Å². The van der Waals surface area contributed by atoms with Gasteiger partial charge in [0.25, 0.3) is 0 Å². The zero-order valence-electron chi connectivity index (χ0n) is 30.8. The minimum atomic E-state index is -3.68. The zero-order chi connectivity index (χ0) is 36.7. The maximum absolute atomic E-state index is 13.0. The van der Waals surface area contributed by atoms with E-state index in [0.717, 1.165) is 70.5 Å². The van der Waals surface area contributed by atoms with E-state index in [2.05, 4.69) is 79.7 Å². The molecule has 13 nitrogen and oxygen atoms in total. The molecule has 0 unspecified atom stereocenters. The average molecular weight is 717 g/mol. The molecule has 3 aromatic rings. The molecule has 0 radical (unpaired) electrons. The summed E-state index contributed by atoms with van der Waals surface area (Å²) in [7, 11) is 0.198. The molecule has 2 aromatic carbocycles. The van der Waals surface area contributed by atoms with Crippen LogP contribution in [0.4, 0.5) is 45.9 Å². The number of hydrogen-bond donors (Lipinski definition) is 2. The van der Waals surface area contributed by atoms with E-state index in [-0.39, 0.29) is 6.54 Å². The fraction of sp³-hybridized carbons (Fsp3) is 0.459. The van der Waals surface area contributed by atoms with Crippen molar-refractivity contribution >= 4 is 74.9 Å². The Balaban J connectivity index is 1.44. The third-order valence-corrected chi connectivity index (χ3v) is 10.9. The molecular weight excluding hydrogens is 665 g/mol. The summed E-state index contributed by atoms with van der Waals surface area (Å²) < 4.78 is 33.1. The second-order valence-electron chi connectivity index (χ2n) is 12.8. The second-order valence-corrected chi connectivity index (χ2v) is 14.8. The number of methoxy groups -OCH3 is 1. The van der Waals surface area contributed by atoms with Gasteiger partial charge in [-0.3, -0.25) is 19.2 Å². The molecule has 0 bridgehead atoms. The summed E-state index contributed by atoms with van der Waals surface area (Å²) in [6.07, 6.45) is 9.21. The third-order valence-electron chi connectivity index (χ3n) is 9.67. The molecule has 3 heterocycles. The highest BCUT2D eigenvalue weighted by Crippen LogP contribution is 2.45. The van der Waals surface area contributed by atoms with Gasteiger partial charge in [-0.1, -0.05) is 19.6 Å². The van der Waals surface area contributed by atoms with Gasteiger partial charge in [-0.2, -0.15) is 4.98 Å². The normalized spacial score (nSPS) is 16.3. The Morgan fingerprint density at radius 1 is 1.08 bits per heavy atom. The monoisotopic (exact) mass is 716 g/mol. The van der Waals surface area contributed by atoms with Crippen LogP contribution in [0, 0.1) is 0 Å². The SMILES string of the molecule is C=Cc1cnc(Nc2cc(CC)c(N3CCC(N4CCN(C)CC4)CC3)cc2OC)nc1Nc1ccc(N=C)c(N=CC)c1N(CC)S(C)(=O)=O. The maximum Gasteiger partial charge on any atom is 0.232 e. The molecule has 2 saturated heterocycles. The van der Waals surface area contributed by atoms with Crippen molar-refractivity contribution in [1.82, 2.24) is 19.8 Å². The van der Waals surface area contributed by atoms with Gasteiger partial charge < -0.3 is 25.2 Å². The first-order chi connectivity index (χ1) is 24.5. The van der Waals surface area contributed by atoms with Crippen LogP contribution in [0.5, 0.6) is 5.75 Å². The van der Waals surface area contributed by atoms with Gasteiger partial charge >= 0.3 is 0 Å². The lowest BCUT2D eigenvalue weighted by Crippen LogP contribution is -2.52. The van der Waals surface area contributed by atoms with E-state index in [1.54, 1.807) is 51.6 Å². The molecule has 0 atom stereocenters. The number of ether oxygens (including phenoxy) is 1. The van der Waals surface area contributed by atoms with Crippen molar-refractivity contribution in [3.63, 3.8) is 0 Å². The van der Waals surface area contributed by atoms with Crippen LogP contribution in [0.2, 0.25) is 0 Å². The van der Waals surface area contributed by atoms with Crippen LogP contribution in [0.1, 0.15) is 44.7 Å². The fourth-order valence-electron chi connectivity index (χ4n) is 6.93. The number of benzene rings is 2. The molecule has 2 N–H and O–H groups in total. The van der Waals surface area contributed by atoms with E-state index in [0.29, 0.717) is 51.9 Å². The third kappa shape index (κ3) is 8.51. The van der Waals surface area contributed by atoms with Crippen LogP contribution < -0.4 is 24.6 Å². The van der Waals surface area contributed by atoms with Crippen LogP contribution in [0.3, 0.4) is 0 Å². The number of hydrogen-bond acceptors (Lipinski definition) is 12. The number of nitrogens with one attached hydrogen (secondary N) is 2. The minimum Gasteiger partial charge on any atom is -0.494 e. The molecule has 0 saturated carbocycles. The van der Waals surface area contributed by atoms with Crippen molar-refractivity contribution in [2.75, 3.05) is 86.1 Å². The number of likely N-dealkylation sites (N-methyl/N-ethyl adjacent to an activating group) is 1. The van der Waals surface area contributed by atoms with Gasteiger partial charge in [0.05, 0.1) is 30.4 Å². The molecule has 2 aliphatic heterocycles. The number of aliphatic imine (C=N–C) groups is 2. The summed E-state index contributed by atoms with van der Waals surface area (Å²) in [5, 5.41) is 6.72. The van der Waals surface area contributed by atoms with Gasteiger partial charge in [0.15, 0.2) is 0 Å². The van der Waals surface area contributed by atoms with E-state index in [9.17, 15) is 8.42 Å².